The fourth-order valence-corrected chi connectivity index (χ4v) is 3.31. The number of halogens is 1. The van der Waals surface area contributed by atoms with E-state index in [-0.39, 0.29) is 41.5 Å². The Kier molecular flexibility index (Phi) is 5.44. The third-order valence-electron chi connectivity index (χ3n) is 4.92. The number of anilines is 1. The Labute approximate surface area is 176 Å². The summed E-state index contributed by atoms with van der Waals surface area (Å²) in [4.78, 5) is 33.5. The summed E-state index contributed by atoms with van der Waals surface area (Å²) >= 11 is 0. The number of fused-ring (bicyclic) bond motifs is 1. The quantitative estimate of drug-likeness (QED) is 0.391. The van der Waals surface area contributed by atoms with Gasteiger partial charge in [0.2, 0.25) is 0 Å². The zero-order chi connectivity index (χ0) is 22.0. The fraction of sp³-hybridized carbons (Fsp3) is 0.190. The number of nitrogens with zero attached hydrogens (tertiary/aromatic N) is 2. The van der Waals surface area contributed by atoms with Crippen LogP contribution in [0.5, 0.6) is 11.5 Å². The number of benzene rings is 1. The lowest BCUT2D eigenvalue weighted by atomic mass is 10.1. The summed E-state index contributed by atoms with van der Waals surface area (Å²) in [6.45, 7) is 0.522. The molecule has 0 aliphatic carbocycles. The monoisotopic (exact) mass is 425 g/mol. The van der Waals surface area contributed by atoms with Gasteiger partial charge in [-0.05, 0) is 24.3 Å². The van der Waals surface area contributed by atoms with Crippen LogP contribution in [0.2, 0.25) is 0 Å². The predicted octanol–water partition coefficient (Wildman–Crippen LogP) is 2.02. The minimum Gasteiger partial charge on any atom is -0.497 e. The molecule has 10 heteroatoms. The molecule has 0 radical (unpaired) electrons. The molecular weight excluding hydrogens is 405 g/mol. The van der Waals surface area contributed by atoms with E-state index in [0.717, 1.165) is 6.20 Å². The molecule has 2 aromatic heterocycles. The lowest BCUT2D eigenvalue weighted by molar-refractivity contribution is -0.134. The van der Waals surface area contributed by atoms with Crippen LogP contribution in [0.15, 0.2) is 49.1 Å². The third kappa shape index (κ3) is 3.87. The lowest BCUT2D eigenvalue weighted by Gasteiger charge is -2.38. The second-order valence-corrected chi connectivity index (χ2v) is 6.87. The first kappa shape index (κ1) is 20.2. The van der Waals surface area contributed by atoms with Crippen LogP contribution >= 0.6 is 0 Å². The average molecular weight is 425 g/mol. The number of aromatic nitrogens is 2. The van der Waals surface area contributed by atoms with Gasteiger partial charge in [0.1, 0.15) is 17.6 Å². The maximum atomic E-state index is 14.4. The first-order valence-corrected chi connectivity index (χ1v) is 9.45. The van der Waals surface area contributed by atoms with Crippen molar-refractivity contribution in [2.24, 2.45) is 5.73 Å². The molecule has 0 bridgehead atoms. The van der Waals surface area contributed by atoms with E-state index in [0.29, 0.717) is 11.5 Å². The third-order valence-corrected chi connectivity index (χ3v) is 4.92. The largest absolute Gasteiger partial charge is 0.497 e. The number of rotatable bonds is 7. The summed E-state index contributed by atoms with van der Waals surface area (Å²) in [5.74, 6) is -0.605. The molecule has 1 amide bonds. The number of hydrogen-bond donors (Lipinski definition) is 3. The van der Waals surface area contributed by atoms with Crippen LogP contribution in [0, 0.1) is 5.82 Å². The van der Waals surface area contributed by atoms with Crippen molar-refractivity contribution in [2.45, 2.75) is 6.10 Å². The highest BCUT2D eigenvalue weighted by molar-refractivity contribution is 6.45. The van der Waals surface area contributed by atoms with Gasteiger partial charge in [-0.2, -0.15) is 0 Å². The van der Waals surface area contributed by atoms with E-state index in [1.165, 1.54) is 23.5 Å². The minimum absolute atomic E-state index is 0.00664. The molecule has 31 heavy (non-hydrogen) atoms. The van der Waals surface area contributed by atoms with Crippen LogP contribution in [-0.4, -0.2) is 52.9 Å². The van der Waals surface area contributed by atoms with Gasteiger partial charge in [0, 0.05) is 18.6 Å². The summed E-state index contributed by atoms with van der Waals surface area (Å²) in [6.07, 6.45) is 4.72. The van der Waals surface area contributed by atoms with Crippen LogP contribution in [0.1, 0.15) is 10.4 Å². The molecule has 1 saturated heterocycles. The maximum Gasteiger partial charge on any atom is 0.295 e. The van der Waals surface area contributed by atoms with E-state index in [1.807, 2.05) is 0 Å². The number of Topliss-reactive ketones (excluding diaryl/α,β-unsaturated/α-hetero) is 1. The van der Waals surface area contributed by atoms with Crippen molar-refractivity contribution in [1.82, 2.24) is 14.9 Å². The van der Waals surface area contributed by atoms with E-state index in [1.54, 1.807) is 31.4 Å². The molecule has 9 nitrogen and oxygen atoms in total. The van der Waals surface area contributed by atoms with Gasteiger partial charge in [-0.3, -0.25) is 9.59 Å². The highest BCUT2D eigenvalue weighted by Crippen LogP contribution is 2.28. The number of ether oxygens (including phenoxy) is 2. The minimum atomic E-state index is -0.806. The number of H-pyrrole nitrogens is 1. The van der Waals surface area contributed by atoms with Crippen molar-refractivity contribution in [1.29, 1.82) is 0 Å². The predicted molar refractivity (Wildman–Crippen MR) is 111 cm³/mol. The van der Waals surface area contributed by atoms with E-state index >= 15 is 0 Å². The molecule has 160 valence electrons. The SMILES string of the molecule is COc1ccc(OC2CN(C(=O)C(=O)c3c[nH]c4c(N/C=C\N)ncc(F)c34)C2)cc1. The highest BCUT2D eigenvalue weighted by atomic mass is 19.1. The van der Waals surface area contributed by atoms with Crippen LogP contribution in [-0.2, 0) is 4.79 Å². The van der Waals surface area contributed by atoms with Crippen molar-refractivity contribution in [3.05, 3.63) is 60.4 Å². The molecule has 0 atom stereocenters. The number of nitrogens with one attached hydrogen (secondary N) is 2. The average Bonchev–Trinajstić information content (AvgIpc) is 3.21. The zero-order valence-corrected chi connectivity index (χ0v) is 16.6. The summed E-state index contributed by atoms with van der Waals surface area (Å²) in [5, 5.41) is 2.78. The first-order chi connectivity index (χ1) is 15.0. The molecule has 1 aliphatic heterocycles. The topological polar surface area (TPSA) is 123 Å². The van der Waals surface area contributed by atoms with Crippen LogP contribution in [0.25, 0.3) is 10.9 Å². The van der Waals surface area contributed by atoms with Gasteiger partial charge < -0.3 is 30.4 Å². The molecule has 4 rings (SSSR count). The van der Waals surface area contributed by atoms with Gasteiger partial charge in [-0.15, -0.1) is 0 Å². The van der Waals surface area contributed by atoms with Crippen LogP contribution in [0.3, 0.4) is 0 Å². The number of aromatic amines is 1. The van der Waals surface area contributed by atoms with Gasteiger partial charge in [-0.25, -0.2) is 9.37 Å². The van der Waals surface area contributed by atoms with Crippen LogP contribution in [0.4, 0.5) is 10.2 Å². The van der Waals surface area contributed by atoms with Crippen molar-refractivity contribution in [2.75, 3.05) is 25.5 Å². The number of ketones is 1. The Balaban J connectivity index is 1.44. The van der Waals surface area contributed by atoms with E-state index in [9.17, 15) is 14.0 Å². The molecule has 1 fully saturated rings. The summed E-state index contributed by atoms with van der Waals surface area (Å²) in [7, 11) is 1.58. The number of pyridine rings is 1. The summed E-state index contributed by atoms with van der Waals surface area (Å²) in [5.41, 5.74) is 5.50. The lowest BCUT2D eigenvalue weighted by Crippen LogP contribution is -2.57. The highest BCUT2D eigenvalue weighted by Gasteiger charge is 2.37. The summed E-state index contributed by atoms with van der Waals surface area (Å²) < 4.78 is 25.3. The Morgan fingerprint density at radius 1 is 1.29 bits per heavy atom. The van der Waals surface area contributed by atoms with Gasteiger partial charge >= 0.3 is 0 Å². The Hall–Kier alpha value is -4.08. The van der Waals surface area contributed by atoms with E-state index in [4.69, 9.17) is 15.2 Å². The van der Waals surface area contributed by atoms with E-state index < -0.39 is 17.5 Å². The Morgan fingerprint density at radius 2 is 2.00 bits per heavy atom. The molecule has 0 spiro atoms. The molecule has 3 heterocycles. The number of carbonyl (C=O) groups excluding carboxylic acids is 2. The maximum absolute atomic E-state index is 14.4. The molecule has 1 aromatic carbocycles. The molecule has 4 N–H and O–H groups in total. The summed E-state index contributed by atoms with van der Waals surface area (Å²) in [6, 6.07) is 7.08. The Bertz CT molecular complexity index is 1150. The fourth-order valence-electron chi connectivity index (χ4n) is 3.31. The van der Waals surface area contributed by atoms with Gasteiger partial charge in [-0.1, -0.05) is 0 Å². The standard InChI is InChI=1S/C21H20FN5O4/c1-30-12-2-4-13(5-3-12)31-14-10-27(11-14)21(29)19(28)15-8-25-18-17(15)16(22)9-26-20(18)24-7-6-23/h2-9,14,25H,10-11,23H2,1H3,(H,24,26)/b7-6-. The Morgan fingerprint density at radius 3 is 2.68 bits per heavy atom. The number of methoxy groups -OCH3 is 1. The van der Waals surface area contributed by atoms with Crippen molar-refractivity contribution in [3.63, 3.8) is 0 Å². The number of hydrogen-bond acceptors (Lipinski definition) is 7. The molecular formula is C21H20FN5O4. The van der Waals surface area contributed by atoms with Crippen molar-refractivity contribution < 1.29 is 23.5 Å². The molecule has 0 saturated carbocycles. The van der Waals surface area contributed by atoms with Crippen molar-refractivity contribution >= 4 is 28.4 Å². The first-order valence-electron chi connectivity index (χ1n) is 9.45. The number of nitrogens with two attached hydrogens (primary N) is 1. The van der Waals surface area contributed by atoms with Gasteiger partial charge in [0.05, 0.1) is 42.9 Å². The molecule has 1 aliphatic rings. The van der Waals surface area contributed by atoms with E-state index in [2.05, 4.69) is 15.3 Å². The number of amides is 1. The van der Waals surface area contributed by atoms with Gasteiger partial charge in [0.25, 0.3) is 11.7 Å². The van der Waals surface area contributed by atoms with Crippen LogP contribution < -0.4 is 20.5 Å². The second kappa shape index (κ2) is 8.34. The molecule has 3 aromatic rings. The van der Waals surface area contributed by atoms with Gasteiger partial charge in [0.15, 0.2) is 11.6 Å². The normalized spacial score (nSPS) is 13.9. The smallest absolute Gasteiger partial charge is 0.295 e. The molecule has 0 unspecified atom stereocenters. The van der Waals surface area contributed by atoms with Crippen molar-refractivity contribution in [3.8, 4) is 11.5 Å². The number of likely N-dealkylation sites (tertiary alicyclic amines) is 1. The zero-order valence-electron chi connectivity index (χ0n) is 16.6. The number of carbonyl (C=O) groups is 2. The second-order valence-electron chi connectivity index (χ2n) is 6.87.